The molecule has 0 bridgehead atoms. The van der Waals surface area contributed by atoms with Crippen LogP contribution in [0.15, 0.2) is 41.1 Å². The number of benzene rings is 1. The highest BCUT2D eigenvalue weighted by atomic mass is 19.4. The molecule has 0 saturated carbocycles. The van der Waals surface area contributed by atoms with E-state index in [0.29, 0.717) is 37.5 Å². The molecular formula is C19H17F3N4O. The number of rotatable bonds is 3. The molecule has 0 radical (unpaired) electrons. The predicted octanol–water partition coefficient (Wildman–Crippen LogP) is 4.02. The Hall–Kier alpha value is -2.74. The molecule has 3 heterocycles. The van der Waals surface area contributed by atoms with Crippen molar-refractivity contribution in [1.29, 1.82) is 0 Å². The summed E-state index contributed by atoms with van der Waals surface area (Å²) in [6, 6.07) is 9.87. The third-order valence-electron chi connectivity index (χ3n) is 4.55. The van der Waals surface area contributed by atoms with Crippen molar-refractivity contribution in [2.24, 2.45) is 0 Å². The van der Waals surface area contributed by atoms with Crippen molar-refractivity contribution in [3.05, 3.63) is 64.9 Å². The second-order valence-corrected chi connectivity index (χ2v) is 6.67. The molecule has 4 rings (SSSR count). The van der Waals surface area contributed by atoms with Crippen molar-refractivity contribution < 1.29 is 17.7 Å². The van der Waals surface area contributed by atoms with Crippen LogP contribution in [0.1, 0.15) is 28.3 Å². The lowest BCUT2D eigenvalue weighted by Crippen LogP contribution is -2.31. The normalized spacial score (nSPS) is 15.0. The zero-order chi connectivity index (χ0) is 19.0. The first-order chi connectivity index (χ1) is 12.9. The molecule has 1 aromatic carbocycles. The zero-order valence-electron chi connectivity index (χ0n) is 14.6. The van der Waals surface area contributed by atoms with Crippen LogP contribution in [0.2, 0.25) is 0 Å². The van der Waals surface area contributed by atoms with Crippen LogP contribution in [0.5, 0.6) is 0 Å². The van der Waals surface area contributed by atoms with Gasteiger partial charge in [-0.2, -0.15) is 13.2 Å². The number of hydrogen-bond donors (Lipinski definition) is 0. The van der Waals surface area contributed by atoms with E-state index in [0.717, 1.165) is 16.8 Å². The van der Waals surface area contributed by atoms with Gasteiger partial charge < -0.3 is 4.52 Å². The fraction of sp³-hybridized carbons (Fsp3) is 0.316. The molecule has 0 spiro atoms. The van der Waals surface area contributed by atoms with Gasteiger partial charge in [-0.05, 0) is 6.92 Å². The van der Waals surface area contributed by atoms with Gasteiger partial charge in [0.15, 0.2) is 5.76 Å². The van der Waals surface area contributed by atoms with Crippen molar-refractivity contribution in [3.63, 3.8) is 0 Å². The number of hydrogen-bond acceptors (Lipinski definition) is 5. The highest BCUT2D eigenvalue weighted by Crippen LogP contribution is 2.28. The lowest BCUT2D eigenvalue weighted by molar-refractivity contribution is -0.145. The standard InChI is InChI=1S/C19H17F3N4O/c1-12-2-4-13(5-3-12)17-8-15(25-27-17)11-26-7-6-16-14(10-26)9-23-18(24-16)19(20,21)22/h2-5,8-9H,6-7,10-11H2,1H3. The maximum absolute atomic E-state index is 12.7. The van der Waals surface area contributed by atoms with Gasteiger partial charge in [0.1, 0.15) is 0 Å². The van der Waals surface area contributed by atoms with Gasteiger partial charge in [0.25, 0.3) is 0 Å². The first-order valence-corrected chi connectivity index (χ1v) is 8.55. The van der Waals surface area contributed by atoms with Gasteiger partial charge in [-0.15, -0.1) is 0 Å². The van der Waals surface area contributed by atoms with Crippen molar-refractivity contribution in [2.45, 2.75) is 32.6 Å². The summed E-state index contributed by atoms with van der Waals surface area (Å²) in [4.78, 5) is 9.23. The average molecular weight is 374 g/mol. The van der Waals surface area contributed by atoms with Crippen LogP contribution in [-0.4, -0.2) is 26.6 Å². The summed E-state index contributed by atoms with van der Waals surface area (Å²) in [6.07, 6.45) is -2.79. The predicted molar refractivity (Wildman–Crippen MR) is 91.5 cm³/mol. The summed E-state index contributed by atoms with van der Waals surface area (Å²) in [5.41, 5.74) is 4.09. The highest BCUT2D eigenvalue weighted by Gasteiger charge is 2.35. The Bertz CT molecular complexity index is 950. The molecule has 3 aromatic rings. The van der Waals surface area contributed by atoms with Gasteiger partial charge in [0.05, 0.1) is 11.4 Å². The Balaban J connectivity index is 1.45. The largest absolute Gasteiger partial charge is 0.451 e. The Morgan fingerprint density at radius 1 is 1.19 bits per heavy atom. The molecule has 0 N–H and O–H groups in total. The summed E-state index contributed by atoms with van der Waals surface area (Å²) >= 11 is 0. The molecule has 8 heteroatoms. The van der Waals surface area contributed by atoms with E-state index in [9.17, 15) is 13.2 Å². The number of fused-ring (bicyclic) bond motifs is 1. The van der Waals surface area contributed by atoms with Crippen LogP contribution >= 0.6 is 0 Å². The molecule has 0 fully saturated rings. The van der Waals surface area contributed by atoms with E-state index >= 15 is 0 Å². The fourth-order valence-corrected chi connectivity index (χ4v) is 3.12. The van der Waals surface area contributed by atoms with E-state index < -0.39 is 12.0 Å². The molecule has 27 heavy (non-hydrogen) atoms. The third-order valence-corrected chi connectivity index (χ3v) is 4.55. The third kappa shape index (κ3) is 3.85. The minimum Gasteiger partial charge on any atom is -0.356 e. The maximum atomic E-state index is 12.7. The number of aromatic nitrogens is 3. The summed E-state index contributed by atoms with van der Waals surface area (Å²) in [7, 11) is 0. The van der Waals surface area contributed by atoms with E-state index in [-0.39, 0.29) is 0 Å². The van der Waals surface area contributed by atoms with Gasteiger partial charge in [0.2, 0.25) is 5.82 Å². The van der Waals surface area contributed by atoms with Crippen LogP contribution in [0.25, 0.3) is 11.3 Å². The van der Waals surface area contributed by atoms with E-state index in [4.69, 9.17) is 4.52 Å². The Morgan fingerprint density at radius 3 is 2.70 bits per heavy atom. The van der Waals surface area contributed by atoms with Crippen LogP contribution in [0.3, 0.4) is 0 Å². The summed E-state index contributed by atoms with van der Waals surface area (Å²) in [5.74, 6) is -0.380. The molecule has 0 amide bonds. The van der Waals surface area contributed by atoms with Crippen LogP contribution in [0, 0.1) is 6.92 Å². The van der Waals surface area contributed by atoms with E-state index in [1.54, 1.807) is 0 Å². The molecular weight excluding hydrogens is 357 g/mol. The molecule has 1 aliphatic heterocycles. The molecule has 0 atom stereocenters. The summed E-state index contributed by atoms with van der Waals surface area (Å²) in [6.45, 7) is 3.66. The van der Waals surface area contributed by atoms with Gasteiger partial charge in [-0.3, -0.25) is 4.90 Å². The second-order valence-electron chi connectivity index (χ2n) is 6.67. The Labute approximate surface area is 153 Å². The van der Waals surface area contributed by atoms with Crippen molar-refractivity contribution >= 4 is 0 Å². The number of aryl methyl sites for hydroxylation is 1. The molecule has 2 aromatic heterocycles. The van der Waals surface area contributed by atoms with Crippen molar-refractivity contribution in [3.8, 4) is 11.3 Å². The van der Waals surface area contributed by atoms with Gasteiger partial charge in [-0.1, -0.05) is 35.0 Å². The van der Waals surface area contributed by atoms with E-state index in [1.807, 2.05) is 37.3 Å². The maximum Gasteiger partial charge on any atom is 0.451 e. The zero-order valence-corrected chi connectivity index (χ0v) is 14.6. The molecule has 5 nitrogen and oxygen atoms in total. The minimum absolute atomic E-state index is 0.448. The molecule has 1 aliphatic rings. The first-order valence-electron chi connectivity index (χ1n) is 8.55. The van der Waals surface area contributed by atoms with E-state index in [1.165, 1.54) is 11.8 Å². The topological polar surface area (TPSA) is 55.1 Å². The second kappa shape index (κ2) is 6.77. The molecule has 0 unspecified atom stereocenters. The quantitative estimate of drug-likeness (QED) is 0.693. The smallest absolute Gasteiger partial charge is 0.356 e. The summed E-state index contributed by atoms with van der Waals surface area (Å²) in [5, 5.41) is 4.11. The lowest BCUT2D eigenvalue weighted by atomic mass is 10.1. The Kier molecular flexibility index (Phi) is 4.43. The Morgan fingerprint density at radius 2 is 1.96 bits per heavy atom. The van der Waals surface area contributed by atoms with E-state index in [2.05, 4.69) is 20.0 Å². The molecule has 0 aliphatic carbocycles. The SMILES string of the molecule is Cc1ccc(-c2cc(CN3CCc4nc(C(F)(F)F)ncc4C3)no2)cc1. The van der Waals surface area contributed by atoms with Crippen LogP contribution in [0.4, 0.5) is 13.2 Å². The minimum atomic E-state index is -4.51. The highest BCUT2D eigenvalue weighted by molar-refractivity contribution is 5.57. The fourth-order valence-electron chi connectivity index (χ4n) is 3.12. The molecule has 140 valence electrons. The summed E-state index contributed by atoms with van der Waals surface area (Å²) < 4.78 is 43.6. The van der Waals surface area contributed by atoms with Gasteiger partial charge >= 0.3 is 6.18 Å². The monoisotopic (exact) mass is 374 g/mol. The van der Waals surface area contributed by atoms with Crippen molar-refractivity contribution in [1.82, 2.24) is 20.0 Å². The number of nitrogens with zero attached hydrogens (tertiary/aromatic N) is 4. The van der Waals surface area contributed by atoms with Crippen LogP contribution < -0.4 is 0 Å². The number of alkyl halides is 3. The van der Waals surface area contributed by atoms with Gasteiger partial charge in [0, 0.05) is 49.4 Å². The van der Waals surface area contributed by atoms with Gasteiger partial charge in [-0.25, -0.2) is 9.97 Å². The molecule has 0 saturated heterocycles. The first kappa shape index (κ1) is 17.7. The van der Waals surface area contributed by atoms with Crippen LogP contribution in [-0.2, 0) is 25.7 Å². The number of halogens is 3. The van der Waals surface area contributed by atoms with Crippen molar-refractivity contribution in [2.75, 3.05) is 6.54 Å². The lowest BCUT2D eigenvalue weighted by Gasteiger charge is -2.27. The average Bonchev–Trinajstić information content (AvgIpc) is 3.09.